The molecule has 7 heteroatoms. The Bertz CT molecular complexity index is 866. The van der Waals surface area contributed by atoms with Crippen LogP contribution in [0.5, 0.6) is 0 Å². The molecule has 25 heavy (non-hydrogen) atoms. The van der Waals surface area contributed by atoms with Crippen LogP contribution in [0.25, 0.3) is 0 Å². The second-order valence-corrected chi connectivity index (χ2v) is 7.02. The van der Waals surface area contributed by atoms with E-state index in [-0.39, 0.29) is 0 Å². The first-order valence-electron chi connectivity index (χ1n) is 7.39. The van der Waals surface area contributed by atoms with Crippen molar-refractivity contribution in [2.24, 2.45) is 0 Å². The van der Waals surface area contributed by atoms with E-state index in [0.29, 0.717) is 27.4 Å². The summed E-state index contributed by atoms with van der Waals surface area (Å²) in [6, 6.07) is 17.7. The second-order valence-electron chi connectivity index (χ2n) is 5.10. The summed E-state index contributed by atoms with van der Waals surface area (Å²) < 4.78 is 5.62. The molecule has 0 aliphatic carbocycles. The quantitative estimate of drug-likeness (QED) is 0.485. The fourth-order valence-corrected chi connectivity index (χ4v) is 3.16. The monoisotopic (exact) mass is 392 g/mol. The molecule has 0 unspecified atom stereocenters. The van der Waals surface area contributed by atoms with E-state index in [1.807, 2.05) is 30.3 Å². The number of thioether (sulfide) groups is 1. The average molecular weight is 393 g/mol. The molecule has 1 aromatic heterocycles. The van der Waals surface area contributed by atoms with Crippen molar-refractivity contribution < 1.29 is 9.21 Å². The Hall–Kier alpha value is -2.08. The molecule has 0 saturated heterocycles. The molecular weight excluding hydrogens is 379 g/mol. The van der Waals surface area contributed by atoms with E-state index >= 15 is 0 Å². The highest BCUT2D eigenvalue weighted by molar-refractivity contribution is 7.98. The fraction of sp³-hybridized carbons (Fsp3) is 0.0556. The Balaban J connectivity index is 1.52. The summed E-state index contributed by atoms with van der Waals surface area (Å²) in [6.07, 6.45) is 0. The SMILES string of the molecule is O=C(Nc1cccc(Cl)c1)Nc1ccc(CSc2ccc(Cl)cc2)o1. The number of amides is 2. The predicted octanol–water partition coefficient (Wildman–Crippen LogP) is 6.52. The third-order valence-corrected chi connectivity index (χ3v) is 4.70. The molecule has 0 spiro atoms. The molecule has 3 rings (SSSR count). The van der Waals surface area contributed by atoms with Gasteiger partial charge >= 0.3 is 6.03 Å². The standard InChI is InChI=1S/C18H14Cl2N2O2S/c19-12-4-7-16(8-5-12)25-11-15-6-9-17(24-15)22-18(23)21-14-3-1-2-13(20)10-14/h1-10H,11H2,(H2,21,22,23). The van der Waals surface area contributed by atoms with Crippen LogP contribution in [0.1, 0.15) is 5.76 Å². The highest BCUT2D eigenvalue weighted by atomic mass is 35.5. The lowest BCUT2D eigenvalue weighted by atomic mass is 10.3. The van der Waals surface area contributed by atoms with Crippen LogP contribution in [-0.2, 0) is 5.75 Å². The molecular formula is C18H14Cl2N2O2S. The molecule has 1 heterocycles. The molecule has 0 aliphatic rings. The van der Waals surface area contributed by atoms with Gasteiger partial charge in [-0.3, -0.25) is 5.32 Å². The van der Waals surface area contributed by atoms with Gasteiger partial charge in [0, 0.05) is 26.7 Å². The van der Waals surface area contributed by atoms with Crippen molar-refractivity contribution in [1.82, 2.24) is 0 Å². The maximum atomic E-state index is 12.0. The van der Waals surface area contributed by atoms with Crippen LogP contribution >= 0.6 is 35.0 Å². The number of halogens is 2. The second kappa shape index (κ2) is 8.34. The summed E-state index contributed by atoms with van der Waals surface area (Å²) in [5.41, 5.74) is 0.607. The first-order valence-corrected chi connectivity index (χ1v) is 9.13. The number of carbonyl (C=O) groups excluding carboxylic acids is 1. The zero-order chi connectivity index (χ0) is 17.6. The Labute approximate surface area is 159 Å². The Morgan fingerprint density at radius 3 is 2.52 bits per heavy atom. The summed E-state index contributed by atoms with van der Waals surface area (Å²) >= 11 is 13.4. The Kier molecular flexibility index (Phi) is 5.91. The van der Waals surface area contributed by atoms with Crippen molar-refractivity contribution >= 4 is 52.6 Å². The molecule has 0 aliphatic heterocycles. The van der Waals surface area contributed by atoms with Gasteiger partial charge in [0.05, 0.1) is 5.75 Å². The van der Waals surface area contributed by atoms with Crippen molar-refractivity contribution in [2.45, 2.75) is 10.6 Å². The van der Waals surface area contributed by atoms with Crippen LogP contribution < -0.4 is 10.6 Å². The lowest BCUT2D eigenvalue weighted by molar-refractivity contribution is 0.261. The minimum absolute atomic E-state index is 0.381. The van der Waals surface area contributed by atoms with Crippen molar-refractivity contribution in [3.8, 4) is 0 Å². The molecule has 2 amide bonds. The van der Waals surface area contributed by atoms with Gasteiger partial charge in [0.15, 0.2) is 0 Å². The van der Waals surface area contributed by atoms with Gasteiger partial charge in [0.1, 0.15) is 5.76 Å². The third-order valence-electron chi connectivity index (χ3n) is 3.18. The van der Waals surface area contributed by atoms with E-state index in [4.69, 9.17) is 27.6 Å². The minimum atomic E-state index is -0.395. The maximum Gasteiger partial charge on any atom is 0.326 e. The van der Waals surface area contributed by atoms with E-state index in [1.165, 1.54) is 0 Å². The van der Waals surface area contributed by atoms with Gasteiger partial charge in [-0.15, -0.1) is 11.8 Å². The number of urea groups is 1. The molecule has 2 N–H and O–H groups in total. The van der Waals surface area contributed by atoms with Gasteiger partial charge < -0.3 is 9.73 Å². The number of nitrogens with one attached hydrogen (secondary N) is 2. The third kappa shape index (κ3) is 5.46. The fourth-order valence-electron chi connectivity index (χ4n) is 2.05. The van der Waals surface area contributed by atoms with E-state index in [0.717, 1.165) is 10.7 Å². The molecule has 128 valence electrons. The molecule has 2 aromatic carbocycles. The lowest BCUT2D eigenvalue weighted by Crippen LogP contribution is -2.18. The number of hydrogen-bond acceptors (Lipinski definition) is 3. The van der Waals surface area contributed by atoms with E-state index in [9.17, 15) is 4.79 Å². The van der Waals surface area contributed by atoms with E-state index < -0.39 is 6.03 Å². The largest absolute Gasteiger partial charge is 0.444 e. The normalized spacial score (nSPS) is 10.5. The summed E-state index contributed by atoms with van der Waals surface area (Å²) in [4.78, 5) is 13.1. The van der Waals surface area contributed by atoms with Gasteiger partial charge in [-0.25, -0.2) is 4.79 Å². The van der Waals surface area contributed by atoms with Crippen LogP contribution in [0.3, 0.4) is 0 Å². The summed E-state index contributed by atoms with van der Waals surface area (Å²) in [7, 11) is 0. The molecule has 0 saturated carbocycles. The van der Waals surface area contributed by atoms with Gasteiger partial charge in [-0.1, -0.05) is 29.3 Å². The first-order chi connectivity index (χ1) is 12.1. The van der Waals surface area contributed by atoms with Gasteiger partial charge in [0.2, 0.25) is 5.88 Å². The summed E-state index contributed by atoms with van der Waals surface area (Å²) in [5.74, 6) is 1.79. The van der Waals surface area contributed by atoms with Crippen LogP contribution in [0.15, 0.2) is 70.0 Å². The maximum absolute atomic E-state index is 12.0. The Morgan fingerprint density at radius 1 is 0.960 bits per heavy atom. The molecule has 0 fully saturated rings. The predicted molar refractivity (Wildman–Crippen MR) is 104 cm³/mol. The molecule has 4 nitrogen and oxygen atoms in total. The van der Waals surface area contributed by atoms with E-state index in [1.54, 1.807) is 42.1 Å². The van der Waals surface area contributed by atoms with Crippen molar-refractivity contribution in [3.63, 3.8) is 0 Å². The highest BCUT2D eigenvalue weighted by Gasteiger charge is 2.08. The highest BCUT2D eigenvalue weighted by Crippen LogP contribution is 2.26. The topological polar surface area (TPSA) is 54.3 Å². The van der Waals surface area contributed by atoms with Crippen molar-refractivity contribution in [1.29, 1.82) is 0 Å². The average Bonchev–Trinajstić information content (AvgIpc) is 3.01. The number of carbonyl (C=O) groups is 1. The number of rotatable bonds is 5. The van der Waals surface area contributed by atoms with Crippen molar-refractivity contribution in [2.75, 3.05) is 10.6 Å². The zero-order valence-electron chi connectivity index (χ0n) is 13.0. The van der Waals surface area contributed by atoms with Gasteiger partial charge in [-0.2, -0.15) is 0 Å². The van der Waals surface area contributed by atoms with Crippen molar-refractivity contribution in [3.05, 3.63) is 76.5 Å². The first kappa shape index (κ1) is 17.7. The minimum Gasteiger partial charge on any atom is -0.444 e. The number of hydrogen-bond donors (Lipinski definition) is 2. The van der Waals surface area contributed by atoms with Crippen LogP contribution in [0, 0.1) is 0 Å². The van der Waals surface area contributed by atoms with Crippen LogP contribution in [0.2, 0.25) is 10.0 Å². The molecule has 3 aromatic rings. The molecule has 0 radical (unpaired) electrons. The van der Waals surface area contributed by atoms with Crippen LogP contribution in [0.4, 0.5) is 16.4 Å². The summed E-state index contributed by atoms with van der Waals surface area (Å²) in [5, 5.41) is 6.60. The van der Waals surface area contributed by atoms with Crippen LogP contribution in [-0.4, -0.2) is 6.03 Å². The summed E-state index contributed by atoms with van der Waals surface area (Å²) in [6.45, 7) is 0. The zero-order valence-corrected chi connectivity index (χ0v) is 15.3. The number of furan rings is 1. The van der Waals surface area contributed by atoms with Gasteiger partial charge in [-0.05, 0) is 48.5 Å². The number of anilines is 2. The van der Waals surface area contributed by atoms with E-state index in [2.05, 4.69) is 10.6 Å². The Morgan fingerprint density at radius 2 is 1.76 bits per heavy atom. The lowest BCUT2D eigenvalue weighted by Gasteiger charge is -2.05. The molecule has 0 bridgehead atoms. The smallest absolute Gasteiger partial charge is 0.326 e. The number of benzene rings is 2. The molecule has 0 atom stereocenters. The van der Waals surface area contributed by atoms with Gasteiger partial charge in [0.25, 0.3) is 0 Å².